The van der Waals surface area contributed by atoms with Crippen LogP contribution in [0.3, 0.4) is 0 Å². The Hall–Kier alpha value is -1.95. The SMILES string of the molecule is CC(C)(C)CC(=O)N1CCN(C(C(=O)NCc2ccccc2F)C2CCCC2)CC1. The van der Waals surface area contributed by atoms with Gasteiger partial charge < -0.3 is 10.2 Å². The van der Waals surface area contributed by atoms with E-state index in [0.717, 1.165) is 25.7 Å². The zero-order valence-corrected chi connectivity index (χ0v) is 18.6. The topological polar surface area (TPSA) is 52.7 Å². The number of carbonyl (C=O) groups excluding carboxylic acids is 2. The van der Waals surface area contributed by atoms with Gasteiger partial charge in [0.25, 0.3) is 0 Å². The Morgan fingerprint density at radius 1 is 1.10 bits per heavy atom. The first-order chi connectivity index (χ1) is 14.2. The molecule has 166 valence electrons. The number of benzene rings is 1. The van der Waals surface area contributed by atoms with Crippen molar-refractivity contribution in [2.75, 3.05) is 26.2 Å². The van der Waals surface area contributed by atoms with Crippen LogP contribution in [-0.4, -0.2) is 53.8 Å². The van der Waals surface area contributed by atoms with E-state index >= 15 is 0 Å². The number of nitrogens with zero attached hydrogens (tertiary/aromatic N) is 2. The second kappa shape index (κ2) is 9.90. The number of nitrogens with one attached hydrogen (secondary N) is 1. The number of hydrogen-bond donors (Lipinski definition) is 1. The molecule has 0 aromatic heterocycles. The molecule has 1 aliphatic carbocycles. The molecule has 1 N–H and O–H groups in total. The molecule has 2 fully saturated rings. The van der Waals surface area contributed by atoms with Crippen molar-refractivity contribution in [3.8, 4) is 0 Å². The molecule has 1 aromatic carbocycles. The van der Waals surface area contributed by atoms with Crippen molar-refractivity contribution < 1.29 is 14.0 Å². The predicted molar refractivity (Wildman–Crippen MR) is 116 cm³/mol. The normalized spacial score (nSPS) is 19.7. The zero-order valence-electron chi connectivity index (χ0n) is 18.6. The van der Waals surface area contributed by atoms with E-state index in [4.69, 9.17) is 0 Å². The van der Waals surface area contributed by atoms with Gasteiger partial charge in [0.1, 0.15) is 5.82 Å². The molecule has 1 unspecified atom stereocenters. The monoisotopic (exact) mass is 417 g/mol. The van der Waals surface area contributed by atoms with Crippen molar-refractivity contribution in [1.82, 2.24) is 15.1 Å². The van der Waals surface area contributed by atoms with Gasteiger partial charge in [-0.1, -0.05) is 51.8 Å². The van der Waals surface area contributed by atoms with Crippen LogP contribution in [0.15, 0.2) is 24.3 Å². The molecule has 6 heteroatoms. The Morgan fingerprint density at radius 2 is 1.73 bits per heavy atom. The highest BCUT2D eigenvalue weighted by molar-refractivity contribution is 5.82. The van der Waals surface area contributed by atoms with Crippen LogP contribution in [-0.2, 0) is 16.1 Å². The molecule has 2 amide bonds. The molecule has 1 aliphatic heterocycles. The van der Waals surface area contributed by atoms with Crippen molar-refractivity contribution in [1.29, 1.82) is 0 Å². The molecular formula is C24H36FN3O2. The maximum absolute atomic E-state index is 13.9. The Kier molecular flexibility index (Phi) is 7.50. The summed E-state index contributed by atoms with van der Waals surface area (Å²) in [7, 11) is 0. The van der Waals surface area contributed by atoms with E-state index in [9.17, 15) is 14.0 Å². The molecule has 1 saturated heterocycles. The van der Waals surface area contributed by atoms with Crippen LogP contribution in [0.2, 0.25) is 0 Å². The van der Waals surface area contributed by atoms with Gasteiger partial charge in [-0.2, -0.15) is 0 Å². The van der Waals surface area contributed by atoms with Gasteiger partial charge >= 0.3 is 0 Å². The summed E-state index contributed by atoms with van der Waals surface area (Å²) in [6.45, 7) is 9.20. The van der Waals surface area contributed by atoms with Gasteiger partial charge in [-0.3, -0.25) is 14.5 Å². The Balaban J connectivity index is 1.61. The highest BCUT2D eigenvalue weighted by Crippen LogP contribution is 2.31. The minimum Gasteiger partial charge on any atom is -0.351 e. The summed E-state index contributed by atoms with van der Waals surface area (Å²) in [6, 6.07) is 6.37. The lowest BCUT2D eigenvalue weighted by Crippen LogP contribution is -2.58. The molecule has 30 heavy (non-hydrogen) atoms. The fraction of sp³-hybridized carbons (Fsp3) is 0.667. The van der Waals surface area contributed by atoms with Crippen LogP contribution in [0.25, 0.3) is 0 Å². The fourth-order valence-corrected chi connectivity index (χ4v) is 4.69. The van der Waals surface area contributed by atoms with Crippen molar-refractivity contribution in [2.45, 2.75) is 65.5 Å². The Morgan fingerprint density at radius 3 is 2.33 bits per heavy atom. The second-order valence-corrected chi connectivity index (χ2v) is 9.95. The Labute approximate surface area is 180 Å². The largest absolute Gasteiger partial charge is 0.351 e. The molecule has 5 nitrogen and oxygen atoms in total. The minimum absolute atomic E-state index is 0.0142. The smallest absolute Gasteiger partial charge is 0.237 e. The third kappa shape index (κ3) is 6.03. The average Bonchev–Trinajstić information content (AvgIpc) is 3.21. The van der Waals surface area contributed by atoms with Crippen LogP contribution < -0.4 is 5.32 Å². The van der Waals surface area contributed by atoms with Crippen LogP contribution in [0.1, 0.15) is 58.4 Å². The third-order valence-corrected chi connectivity index (χ3v) is 6.27. The number of hydrogen-bond acceptors (Lipinski definition) is 3. The first-order valence-corrected chi connectivity index (χ1v) is 11.3. The molecule has 1 heterocycles. The standard InChI is InChI=1S/C24H36FN3O2/c1-24(2,3)16-21(29)27-12-14-28(15-13-27)22(18-8-4-5-9-18)23(30)26-17-19-10-6-7-11-20(19)25/h6-7,10-11,18,22H,4-5,8-9,12-17H2,1-3H3,(H,26,30). The maximum Gasteiger partial charge on any atom is 0.237 e. The molecule has 1 saturated carbocycles. The number of piperazine rings is 1. The molecule has 0 radical (unpaired) electrons. The molecule has 1 atom stereocenters. The van der Waals surface area contributed by atoms with Crippen LogP contribution in [0.5, 0.6) is 0 Å². The minimum atomic E-state index is -0.291. The van der Waals surface area contributed by atoms with Gasteiger partial charge in [-0.15, -0.1) is 0 Å². The summed E-state index contributed by atoms with van der Waals surface area (Å²) >= 11 is 0. The number of amides is 2. The number of rotatable bonds is 6. The summed E-state index contributed by atoms with van der Waals surface area (Å²) < 4.78 is 13.9. The van der Waals surface area contributed by atoms with E-state index in [1.54, 1.807) is 18.2 Å². The van der Waals surface area contributed by atoms with Crippen LogP contribution in [0, 0.1) is 17.2 Å². The summed E-state index contributed by atoms with van der Waals surface area (Å²) in [4.78, 5) is 29.9. The molecule has 1 aromatic rings. The van der Waals surface area contributed by atoms with Crippen molar-refractivity contribution in [3.63, 3.8) is 0 Å². The van der Waals surface area contributed by atoms with Crippen LogP contribution >= 0.6 is 0 Å². The lowest BCUT2D eigenvalue weighted by atomic mass is 9.91. The van der Waals surface area contributed by atoms with E-state index in [0.29, 0.717) is 44.1 Å². The molecule has 3 rings (SSSR count). The van der Waals surface area contributed by atoms with Crippen LogP contribution in [0.4, 0.5) is 4.39 Å². The van der Waals surface area contributed by atoms with E-state index in [2.05, 4.69) is 31.0 Å². The lowest BCUT2D eigenvalue weighted by Gasteiger charge is -2.41. The molecule has 0 spiro atoms. The van der Waals surface area contributed by atoms with Crippen molar-refractivity contribution in [2.24, 2.45) is 11.3 Å². The summed E-state index contributed by atoms with van der Waals surface area (Å²) in [5, 5.41) is 2.98. The highest BCUT2D eigenvalue weighted by Gasteiger charge is 2.37. The van der Waals surface area contributed by atoms with Crippen molar-refractivity contribution >= 4 is 11.8 Å². The van der Waals surface area contributed by atoms with E-state index < -0.39 is 0 Å². The first kappa shape index (κ1) is 22.7. The highest BCUT2D eigenvalue weighted by atomic mass is 19.1. The maximum atomic E-state index is 13.9. The molecule has 0 bridgehead atoms. The van der Waals surface area contributed by atoms with E-state index in [-0.39, 0.29) is 35.6 Å². The molecule has 2 aliphatic rings. The average molecular weight is 418 g/mol. The summed E-state index contributed by atoms with van der Waals surface area (Å²) in [5.74, 6) is 0.229. The number of halogens is 1. The van der Waals surface area contributed by atoms with Crippen molar-refractivity contribution in [3.05, 3.63) is 35.6 Å². The molecular weight excluding hydrogens is 381 g/mol. The van der Waals surface area contributed by atoms with Gasteiger partial charge in [0.05, 0.1) is 6.04 Å². The quantitative estimate of drug-likeness (QED) is 0.770. The first-order valence-electron chi connectivity index (χ1n) is 11.3. The van der Waals surface area contributed by atoms with Gasteiger partial charge in [0.2, 0.25) is 11.8 Å². The van der Waals surface area contributed by atoms with Gasteiger partial charge in [0, 0.05) is 44.7 Å². The third-order valence-electron chi connectivity index (χ3n) is 6.27. The predicted octanol–water partition coefficient (Wildman–Crippen LogP) is 3.58. The van der Waals surface area contributed by atoms with Gasteiger partial charge in [0.15, 0.2) is 0 Å². The lowest BCUT2D eigenvalue weighted by molar-refractivity contribution is -0.136. The fourth-order valence-electron chi connectivity index (χ4n) is 4.69. The zero-order chi connectivity index (χ0) is 21.7. The van der Waals surface area contributed by atoms with E-state index in [1.165, 1.54) is 6.07 Å². The van der Waals surface area contributed by atoms with Gasteiger partial charge in [-0.25, -0.2) is 4.39 Å². The number of carbonyl (C=O) groups is 2. The van der Waals surface area contributed by atoms with Gasteiger partial charge in [-0.05, 0) is 30.2 Å². The van der Waals surface area contributed by atoms with E-state index in [1.807, 2.05) is 4.90 Å². The second-order valence-electron chi connectivity index (χ2n) is 9.95. The Bertz CT molecular complexity index is 732. The summed E-state index contributed by atoms with van der Waals surface area (Å²) in [6.07, 6.45) is 4.97. The summed E-state index contributed by atoms with van der Waals surface area (Å²) in [5.41, 5.74) is 0.487.